The number of hydrogen-bond acceptors (Lipinski definition) is 9. The number of hydrogen-bond donors (Lipinski definition) is 0. The maximum absolute atomic E-state index is 13.8. The summed E-state index contributed by atoms with van der Waals surface area (Å²) < 4.78 is 55.9. The molecule has 0 spiro atoms. The molecule has 2 aromatic carbocycles. The highest BCUT2D eigenvalue weighted by molar-refractivity contribution is 5.70. The minimum atomic E-state index is -4.56. The normalized spacial score (nSPS) is 14.6. The van der Waals surface area contributed by atoms with Gasteiger partial charge in [0.05, 0.1) is 12.2 Å². The van der Waals surface area contributed by atoms with Crippen LogP contribution < -0.4 is 10.0 Å². The summed E-state index contributed by atoms with van der Waals surface area (Å²) in [4.78, 5) is 40.0. The molecular weight excluding hydrogens is 559 g/mol. The molecule has 1 heterocycles. The molecule has 1 fully saturated rings. The first kappa shape index (κ1) is 32.5. The summed E-state index contributed by atoms with van der Waals surface area (Å²) in [6.07, 6.45) is -7.77. The Morgan fingerprint density at radius 3 is 2.33 bits per heavy atom. The van der Waals surface area contributed by atoms with Gasteiger partial charge in [-0.15, -0.1) is 0 Å². The van der Waals surface area contributed by atoms with Crippen molar-refractivity contribution in [3.05, 3.63) is 65.2 Å². The van der Waals surface area contributed by atoms with Gasteiger partial charge in [-0.3, -0.25) is 9.69 Å². The van der Waals surface area contributed by atoms with E-state index < -0.39 is 36.2 Å². The van der Waals surface area contributed by atoms with Crippen molar-refractivity contribution in [2.45, 2.75) is 52.2 Å². The van der Waals surface area contributed by atoms with E-state index >= 15 is 0 Å². The largest absolute Gasteiger partial charge is 0.530 e. The SMILES string of the molecule is CCOC(=O)OC(C)OC(=O)CCCN(Cc1ccccc1)c1cc(C(F)(F)F)ccc1CN1CCN(C(=O)[O-])CC1. The van der Waals surface area contributed by atoms with Gasteiger partial charge in [0.15, 0.2) is 0 Å². The number of rotatable bonds is 12. The van der Waals surface area contributed by atoms with E-state index in [1.165, 1.54) is 17.9 Å². The molecule has 0 bridgehead atoms. The molecule has 1 aliphatic rings. The fraction of sp³-hybridized carbons (Fsp3) is 0.483. The third-order valence-corrected chi connectivity index (χ3v) is 6.62. The van der Waals surface area contributed by atoms with Crippen molar-refractivity contribution in [1.29, 1.82) is 0 Å². The molecular formula is C29H35F3N3O7-. The van der Waals surface area contributed by atoms with Gasteiger partial charge in [-0.2, -0.15) is 13.2 Å². The van der Waals surface area contributed by atoms with Crippen molar-refractivity contribution in [1.82, 2.24) is 9.80 Å². The Balaban J connectivity index is 1.79. The van der Waals surface area contributed by atoms with Gasteiger partial charge >= 0.3 is 18.3 Å². The zero-order chi connectivity index (χ0) is 30.7. The average molecular weight is 595 g/mol. The van der Waals surface area contributed by atoms with E-state index in [2.05, 4.69) is 4.74 Å². The predicted octanol–water partition coefficient (Wildman–Crippen LogP) is 4.02. The lowest BCUT2D eigenvalue weighted by Crippen LogP contribution is -2.52. The van der Waals surface area contributed by atoms with Crippen LogP contribution >= 0.6 is 0 Å². The number of carbonyl (C=O) groups excluding carboxylic acids is 3. The molecule has 1 aliphatic heterocycles. The van der Waals surface area contributed by atoms with Crippen LogP contribution in [0.5, 0.6) is 0 Å². The number of benzene rings is 2. The number of anilines is 1. The third-order valence-electron chi connectivity index (χ3n) is 6.62. The summed E-state index contributed by atoms with van der Waals surface area (Å²) in [6.45, 7) is 5.20. The zero-order valence-corrected chi connectivity index (χ0v) is 23.6. The Morgan fingerprint density at radius 2 is 1.71 bits per heavy atom. The van der Waals surface area contributed by atoms with Crippen LogP contribution in [-0.2, 0) is 38.3 Å². The van der Waals surface area contributed by atoms with Gasteiger partial charge in [-0.05, 0) is 36.6 Å². The fourth-order valence-electron chi connectivity index (χ4n) is 4.56. The summed E-state index contributed by atoms with van der Waals surface area (Å²) in [7, 11) is 0. The van der Waals surface area contributed by atoms with Gasteiger partial charge in [-0.1, -0.05) is 36.4 Å². The molecule has 13 heteroatoms. The topological polar surface area (TPSA) is 112 Å². The first-order valence-electron chi connectivity index (χ1n) is 13.7. The lowest BCUT2D eigenvalue weighted by Gasteiger charge is -2.37. The number of carbonyl (C=O) groups is 3. The highest BCUT2D eigenvalue weighted by Gasteiger charge is 2.32. The van der Waals surface area contributed by atoms with Crippen LogP contribution in [0.2, 0.25) is 0 Å². The lowest BCUT2D eigenvalue weighted by atomic mass is 10.0. The number of nitrogens with zero attached hydrogens (tertiary/aromatic N) is 3. The summed E-state index contributed by atoms with van der Waals surface area (Å²) in [5, 5.41) is 11.2. The molecule has 1 unspecified atom stereocenters. The summed E-state index contributed by atoms with van der Waals surface area (Å²) in [6, 6.07) is 12.8. The van der Waals surface area contributed by atoms with Crippen molar-refractivity contribution in [2.75, 3.05) is 44.2 Å². The quantitative estimate of drug-likeness (QED) is 0.266. The van der Waals surface area contributed by atoms with Gasteiger partial charge < -0.3 is 33.9 Å². The van der Waals surface area contributed by atoms with Crippen molar-refractivity contribution in [3.63, 3.8) is 0 Å². The molecule has 1 saturated heterocycles. The highest BCUT2D eigenvalue weighted by Crippen LogP contribution is 2.35. The third kappa shape index (κ3) is 10.1. The maximum Gasteiger partial charge on any atom is 0.511 e. The van der Waals surface area contributed by atoms with Crippen molar-refractivity contribution in [3.8, 4) is 0 Å². The second-order valence-corrected chi connectivity index (χ2v) is 9.74. The molecule has 0 radical (unpaired) electrons. The minimum absolute atomic E-state index is 0.0682. The Hall–Kier alpha value is -4.00. The molecule has 0 aliphatic carbocycles. The van der Waals surface area contributed by atoms with Crippen LogP contribution in [0.3, 0.4) is 0 Å². The summed E-state index contributed by atoms with van der Waals surface area (Å²) in [5.41, 5.74) is 1.07. The van der Waals surface area contributed by atoms with Gasteiger partial charge in [0.2, 0.25) is 6.29 Å². The van der Waals surface area contributed by atoms with E-state index in [4.69, 9.17) is 9.47 Å². The first-order chi connectivity index (χ1) is 20.0. The predicted molar refractivity (Wildman–Crippen MR) is 144 cm³/mol. The van der Waals surface area contributed by atoms with E-state index in [1.807, 2.05) is 35.2 Å². The molecule has 2 aromatic rings. The van der Waals surface area contributed by atoms with Crippen molar-refractivity contribution in [2.24, 2.45) is 0 Å². The Labute approximate surface area is 242 Å². The van der Waals surface area contributed by atoms with E-state index in [9.17, 15) is 32.7 Å². The van der Waals surface area contributed by atoms with Gasteiger partial charge in [0.1, 0.15) is 6.09 Å². The van der Waals surface area contributed by atoms with Gasteiger partial charge in [0.25, 0.3) is 0 Å². The number of esters is 1. The lowest BCUT2D eigenvalue weighted by molar-refractivity contribution is -0.266. The second kappa shape index (κ2) is 15.3. The van der Waals surface area contributed by atoms with E-state index in [0.29, 0.717) is 30.9 Å². The van der Waals surface area contributed by atoms with E-state index in [-0.39, 0.29) is 45.6 Å². The van der Waals surface area contributed by atoms with Crippen LogP contribution in [0.15, 0.2) is 48.5 Å². The smallest absolute Gasteiger partial charge is 0.511 e. The molecule has 1 atom stereocenters. The Bertz CT molecular complexity index is 1190. The molecule has 3 rings (SSSR count). The molecule has 10 nitrogen and oxygen atoms in total. The fourth-order valence-corrected chi connectivity index (χ4v) is 4.56. The number of alkyl halides is 3. The zero-order valence-electron chi connectivity index (χ0n) is 23.6. The van der Waals surface area contributed by atoms with Crippen molar-refractivity contribution >= 4 is 23.9 Å². The van der Waals surface area contributed by atoms with Crippen LogP contribution in [0, 0.1) is 0 Å². The van der Waals surface area contributed by atoms with Gasteiger partial charge in [0, 0.05) is 64.8 Å². The van der Waals surface area contributed by atoms with Crippen LogP contribution in [0.25, 0.3) is 0 Å². The standard InChI is InChI=1S/C29H36F3N3O7/c1-3-40-28(39)42-21(2)41-26(36)10-7-13-35(19-22-8-5-4-6-9-22)25-18-24(29(30,31)32)12-11-23(25)20-33-14-16-34(17-15-33)27(37)38/h4-6,8-9,11-12,18,21H,3,7,10,13-17,19-20H2,1-2H3,(H,37,38)/p-1. The highest BCUT2D eigenvalue weighted by atomic mass is 19.4. The van der Waals surface area contributed by atoms with Crippen LogP contribution in [-0.4, -0.2) is 73.6 Å². The van der Waals surface area contributed by atoms with E-state index in [1.54, 1.807) is 11.8 Å². The Kier molecular flexibility index (Phi) is 11.8. The van der Waals surface area contributed by atoms with Crippen LogP contribution in [0.1, 0.15) is 43.4 Å². The molecule has 230 valence electrons. The summed E-state index contributed by atoms with van der Waals surface area (Å²) >= 11 is 0. The molecule has 0 N–H and O–H groups in total. The number of ether oxygens (including phenoxy) is 3. The number of carboxylic acid groups (broad SMARTS) is 1. The number of piperazine rings is 1. The number of halogens is 3. The van der Waals surface area contributed by atoms with Crippen LogP contribution in [0.4, 0.5) is 28.4 Å². The van der Waals surface area contributed by atoms with Gasteiger partial charge in [-0.25, -0.2) is 4.79 Å². The average Bonchev–Trinajstić information content (AvgIpc) is 2.93. The van der Waals surface area contributed by atoms with Crippen molar-refractivity contribution < 1.29 is 46.9 Å². The molecule has 42 heavy (non-hydrogen) atoms. The second-order valence-electron chi connectivity index (χ2n) is 9.74. The monoisotopic (exact) mass is 594 g/mol. The first-order valence-corrected chi connectivity index (χ1v) is 13.7. The van der Waals surface area contributed by atoms with E-state index in [0.717, 1.165) is 17.7 Å². The summed E-state index contributed by atoms with van der Waals surface area (Å²) in [5.74, 6) is -0.637. The molecule has 0 aromatic heterocycles. The maximum atomic E-state index is 13.8. The molecule has 1 amide bonds. The minimum Gasteiger partial charge on any atom is -0.530 e. The Morgan fingerprint density at radius 1 is 1.02 bits per heavy atom. The number of amides is 1. The molecule has 0 saturated carbocycles.